The number of benzene rings is 1. The fourth-order valence-corrected chi connectivity index (χ4v) is 1.70. The molecule has 0 aromatic heterocycles. The number of rotatable bonds is 4. The van der Waals surface area contributed by atoms with Crippen LogP contribution in [0.4, 0.5) is 0 Å². The van der Waals surface area contributed by atoms with Crippen molar-refractivity contribution < 1.29 is 10.2 Å². The fourth-order valence-electron chi connectivity index (χ4n) is 1.70. The summed E-state index contributed by atoms with van der Waals surface area (Å²) >= 11 is 0. The second kappa shape index (κ2) is 5.01. The highest BCUT2D eigenvalue weighted by Gasteiger charge is 2.06. The highest BCUT2D eigenvalue weighted by molar-refractivity contribution is 5.26. The largest absolute Gasteiger partial charge is 0.508 e. The molecule has 0 aliphatic carbocycles. The maximum Gasteiger partial charge on any atom is 0.115 e. The Hall–Kier alpha value is -1.02. The second-order valence-corrected chi connectivity index (χ2v) is 4.06. The van der Waals surface area contributed by atoms with Crippen LogP contribution in [0.25, 0.3) is 0 Å². The SMILES string of the molecule is CC(O)CC(C)Cc1ccc(O)cc1. The average Bonchev–Trinajstić information content (AvgIpc) is 2.07. The van der Waals surface area contributed by atoms with Crippen molar-refractivity contribution in [1.82, 2.24) is 0 Å². The predicted molar refractivity (Wildman–Crippen MR) is 57.3 cm³/mol. The van der Waals surface area contributed by atoms with Crippen molar-refractivity contribution in [3.8, 4) is 5.75 Å². The number of hydrogen-bond acceptors (Lipinski definition) is 2. The van der Waals surface area contributed by atoms with Crippen molar-refractivity contribution in [2.45, 2.75) is 32.8 Å². The fraction of sp³-hybridized carbons (Fsp3) is 0.500. The van der Waals surface area contributed by atoms with E-state index in [9.17, 15) is 5.11 Å². The van der Waals surface area contributed by atoms with Gasteiger partial charge in [0.25, 0.3) is 0 Å². The molecular weight excluding hydrogens is 176 g/mol. The average molecular weight is 194 g/mol. The van der Waals surface area contributed by atoms with Gasteiger partial charge in [-0.05, 0) is 43.4 Å². The van der Waals surface area contributed by atoms with Crippen LogP contribution in [0.2, 0.25) is 0 Å². The molecule has 1 rings (SSSR count). The summed E-state index contributed by atoms with van der Waals surface area (Å²) in [4.78, 5) is 0. The summed E-state index contributed by atoms with van der Waals surface area (Å²) in [6.45, 7) is 3.94. The predicted octanol–water partition coefficient (Wildman–Crippen LogP) is 2.34. The van der Waals surface area contributed by atoms with E-state index in [2.05, 4.69) is 6.92 Å². The van der Waals surface area contributed by atoms with Crippen LogP contribution in [-0.2, 0) is 6.42 Å². The number of phenols is 1. The third-order valence-electron chi connectivity index (χ3n) is 2.26. The molecule has 14 heavy (non-hydrogen) atoms. The lowest BCUT2D eigenvalue weighted by Crippen LogP contribution is -2.09. The van der Waals surface area contributed by atoms with E-state index in [1.54, 1.807) is 12.1 Å². The minimum absolute atomic E-state index is 0.234. The third-order valence-corrected chi connectivity index (χ3v) is 2.26. The van der Waals surface area contributed by atoms with E-state index >= 15 is 0 Å². The molecule has 0 saturated heterocycles. The van der Waals surface area contributed by atoms with Gasteiger partial charge in [-0.3, -0.25) is 0 Å². The molecular formula is C12H18O2. The highest BCUT2D eigenvalue weighted by atomic mass is 16.3. The number of aliphatic hydroxyl groups is 1. The first-order valence-electron chi connectivity index (χ1n) is 5.04. The van der Waals surface area contributed by atoms with Crippen molar-refractivity contribution in [3.05, 3.63) is 29.8 Å². The Morgan fingerprint density at radius 1 is 1.14 bits per heavy atom. The standard InChI is InChI=1S/C12H18O2/c1-9(7-10(2)13)8-11-3-5-12(14)6-4-11/h3-6,9-10,13-14H,7-8H2,1-2H3. The van der Waals surface area contributed by atoms with Gasteiger partial charge in [-0.15, -0.1) is 0 Å². The zero-order chi connectivity index (χ0) is 10.6. The summed E-state index contributed by atoms with van der Waals surface area (Å²) in [6, 6.07) is 7.25. The van der Waals surface area contributed by atoms with E-state index in [-0.39, 0.29) is 6.10 Å². The Morgan fingerprint density at radius 2 is 1.71 bits per heavy atom. The van der Waals surface area contributed by atoms with Gasteiger partial charge >= 0.3 is 0 Å². The summed E-state index contributed by atoms with van der Waals surface area (Å²) in [7, 11) is 0. The van der Waals surface area contributed by atoms with Gasteiger partial charge < -0.3 is 10.2 Å². The van der Waals surface area contributed by atoms with Crippen LogP contribution < -0.4 is 0 Å². The first-order chi connectivity index (χ1) is 6.58. The Labute approximate surface area is 85.2 Å². The molecule has 78 valence electrons. The van der Waals surface area contributed by atoms with Crippen LogP contribution in [0, 0.1) is 5.92 Å². The third kappa shape index (κ3) is 3.79. The van der Waals surface area contributed by atoms with Crippen LogP contribution in [0.15, 0.2) is 24.3 Å². The molecule has 1 aromatic carbocycles. The normalized spacial score (nSPS) is 15.1. The smallest absolute Gasteiger partial charge is 0.115 e. The quantitative estimate of drug-likeness (QED) is 0.772. The lowest BCUT2D eigenvalue weighted by Gasteiger charge is -2.13. The molecule has 2 unspecified atom stereocenters. The maximum absolute atomic E-state index is 9.20. The van der Waals surface area contributed by atoms with E-state index in [0.29, 0.717) is 11.7 Å². The van der Waals surface area contributed by atoms with Crippen molar-refractivity contribution in [2.75, 3.05) is 0 Å². The minimum Gasteiger partial charge on any atom is -0.508 e. The molecule has 0 spiro atoms. The Kier molecular flexibility index (Phi) is 3.96. The first-order valence-corrected chi connectivity index (χ1v) is 5.04. The topological polar surface area (TPSA) is 40.5 Å². The maximum atomic E-state index is 9.20. The summed E-state index contributed by atoms with van der Waals surface area (Å²) in [5.41, 5.74) is 1.20. The lowest BCUT2D eigenvalue weighted by atomic mass is 9.96. The van der Waals surface area contributed by atoms with Gasteiger partial charge in [0, 0.05) is 0 Å². The highest BCUT2D eigenvalue weighted by Crippen LogP contribution is 2.16. The van der Waals surface area contributed by atoms with Gasteiger partial charge in [0.15, 0.2) is 0 Å². The van der Waals surface area contributed by atoms with E-state index in [1.165, 1.54) is 5.56 Å². The molecule has 1 aromatic rings. The van der Waals surface area contributed by atoms with Gasteiger partial charge in [-0.25, -0.2) is 0 Å². The van der Waals surface area contributed by atoms with Gasteiger partial charge in [-0.1, -0.05) is 19.1 Å². The molecule has 0 fully saturated rings. The number of phenolic OH excluding ortho intramolecular Hbond substituents is 1. The molecule has 2 atom stereocenters. The van der Waals surface area contributed by atoms with Crippen molar-refractivity contribution in [3.63, 3.8) is 0 Å². The summed E-state index contributed by atoms with van der Waals surface area (Å²) in [6.07, 6.45) is 1.54. The molecule has 2 nitrogen and oxygen atoms in total. The van der Waals surface area contributed by atoms with Crippen molar-refractivity contribution in [2.24, 2.45) is 5.92 Å². The minimum atomic E-state index is -0.234. The van der Waals surface area contributed by atoms with E-state index < -0.39 is 0 Å². The summed E-state index contributed by atoms with van der Waals surface area (Å²) in [5.74, 6) is 0.775. The van der Waals surface area contributed by atoms with Gasteiger partial charge in [0.1, 0.15) is 5.75 Å². The van der Waals surface area contributed by atoms with Crippen LogP contribution in [0.1, 0.15) is 25.8 Å². The molecule has 2 N–H and O–H groups in total. The zero-order valence-electron chi connectivity index (χ0n) is 8.77. The van der Waals surface area contributed by atoms with Crippen LogP contribution in [0.5, 0.6) is 5.75 Å². The second-order valence-electron chi connectivity index (χ2n) is 4.06. The van der Waals surface area contributed by atoms with E-state index in [1.807, 2.05) is 19.1 Å². The molecule has 0 saturated carbocycles. The monoisotopic (exact) mass is 194 g/mol. The molecule has 0 heterocycles. The van der Waals surface area contributed by atoms with Crippen LogP contribution in [-0.4, -0.2) is 16.3 Å². The van der Waals surface area contributed by atoms with Crippen LogP contribution >= 0.6 is 0 Å². The molecule has 0 radical (unpaired) electrons. The Bertz CT molecular complexity index is 264. The van der Waals surface area contributed by atoms with Crippen LogP contribution in [0.3, 0.4) is 0 Å². The number of aromatic hydroxyl groups is 1. The first kappa shape index (κ1) is 11.1. The van der Waals surface area contributed by atoms with Crippen molar-refractivity contribution >= 4 is 0 Å². The Morgan fingerprint density at radius 3 is 2.21 bits per heavy atom. The van der Waals surface area contributed by atoms with Gasteiger partial charge in [0.05, 0.1) is 6.10 Å². The Balaban J connectivity index is 2.47. The van der Waals surface area contributed by atoms with E-state index in [0.717, 1.165) is 12.8 Å². The van der Waals surface area contributed by atoms with E-state index in [4.69, 9.17) is 5.11 Å². The molecule has 0 aliphatic rings. The summed E-state index contributed by atoms with van der Waals surface area (Å²) in [5, 5.41) is 18.3. The number of aliphatic hydroxyl groups excluding tert-OH is 1. The molecule has 0 amide bonds. The van der Waals surface area contributed by atoms with Gasteiger partial charge in [0.2, 0.25) is 0 Å². The van der Waals surface area contributed by atoms with Crippen molar-refractivity contribution in [1.29, 1.82) is 0 Å². The summed E-state index contributed by atoms with van der Waals surface area (Å²) < 4.78 is 0. The molecule has 0 aliphatic heterocycles. The molecule has 0 bridgehead atoms. The van der Waals surface area contributed by atoms with Gasteiger partial charge in [-0.2, -0.15) is 0 Å². The number of hydrogen-bond donors (Lipinski definition) is 2. The zero-order valence-corrected chi connectivity index (χ0v) is 8.77. The molecule has 2 heteroatoms. The lowest BCUT2D eigenvalue weighted by molar-refractivity contribution is 0.164.